The van der Waals surface area contributed by atoms with Crippen LogP contribution in [0.3, 0.4) is 0 Å². The molecule has 1 aromatic carbocycles. The molecule has 6 heteroatoms. The van der Waals surface area contributed by atoms with Gasteiger partial charge < -0.3 is 4.90 Å². The number of fused-ring (bicyclic) bond motifs is 1. The Morgan fingerprint density at radius 2 is 2.00 bits per heavy atom. The monoisotopic (exact) mass is 299 g/mol. The Balaban J connectivity index is 1.88. The average Bonchev–Trinajstić information content (AvgIpc) is 3.19. The van der Waals surface area contributed by atoms with Gasteiger partial charge in [-0.2, -0.15) is 0 Å². The molecular formula is C13H14ClNO3S. The van der Waals surface area contributed by atoms with Gasteiger partial charge in [0.05, 0.1) is 4.90 Å². The van der Waals surface area contributed by atoms with Gasteiger partial charge in [-0.1, -0.05) is 6.07 Å². The summed E-state index contributed by atoms with van der Waals surface area (Å²) >= 11 is 0. The topological polar surface area (TPSA) is 54.5 Å². The second kappa shape index (κ2) is 4.49. The molecule has 0 N–H and O–H groups in total. The minimum absolute atomic E-state index is 0.105. The highest BCUT2D eigenvalue weighted by Gasteiger charge is 2.34. The summed E-state index contributed by atoms with van der Waals surface area (Å²) in [6.07, 6.45) is 2.74. The summed E-state index contributed by atoms with van der Waals surface area (Å²) in [7, 11) is 1.64. The van der Waals surface area contributed by atoms with Crippen molar-refractivity contribution < 1.29 is 13.2 Å². The van der Waals surface area contributed by atoms with Gasteiger partial charge in [0.1, 0.15) is 0 Å². The van der Waals surface area contributed by atoms with Crippen molar-refractivity contribution in [1.29, 1.82) is 0 Å². The Bertz CT molecular complexity index is 637. The third-order valence-corrected chi connectivity index (χ3v) is 5.06. The Morgan fingerprint density at radius 3 is 2.63 bits per heavy atom. The van der Waals surface area contributed by atoms with Gasteiger partial charge in [0.15, 0.2) is 0 Å². The van der Waals surface area contributed by atoms with Crippen LogP contribution in [0, 0.1) is 5.92 Å². The SMILES string of the molecule is O=C(C1CC1)N1CCc2ccc(S(=O)(=O)Cl)cc2C1. The van der Waals surface area contributed by atoms with Gasteiger partial charge >= 0.3 is 0 Å². The standard InChI is InChI=1S/C13H14ClNO3S/c14-19(17,18)12-4-3-9-5-6-15(8-11(9)7-12)13(16)10-1-2-10/h3-4,7,10H,1-2,5-6,8H2. The Labute approximate surface area is 116 Å². The van der Waals surface area contributed by atoms with Crippen molar-refractivity contribution in [2.45, 2.75) is 30.7 Å². The number of nitrogens with zero attached hydrogens (tertiary/aromatic N) is 1. The van der Waals surface area contributed by atoms with E-state index < -0.39 is 9.05 Å². The van der Waals surface area contributed by atoms with E-state index in [1.54, 1.807) is 12.1 Å². The molecule has 3 rings (SSSR count). The predicted octanol–water partition coefficient (Wildman–Crippen LogP) is 1.91. The van der Waals surface area contributed by atoms with Crippen molar-refractivity contribution in [2.75, 3.05) is 6.54 Å². The van der Waals surface area contributed by atoms with Crippen molar-refractivity contribution in [1.82, 2.24) is 4.90 Å². The van der Waals surface area contributed by atoms with Gasteiger partial charge in [-0.3, -0.25) is 4.79 Å². The Morgan fingerprint density at radius 1 is 1.26 bits per heavy atom. The van der Waals surface area contributed by atoms with Gasteiger partial charge in [-0.25, -0.2) is 8.42 Å². The van der Waals surface area contributed by atoms with E-state index in [0.29, 0.717) is 6.54 Å². The first-order valence-electron chi connectivity index (χ1n) is 6.30. The summed E-state index contributed by atoms with van der Waals surface area (Å²) in [5.74, 6) is 0.395. The van der Waals surface area contributed by atoms with Crippen LogP contribution in [0.15, 0.2) is 23.1 Å². The van der Waals surface area contributed by atoms with Crippen molar-refractivity contribution >= 4 is 25.6 Å². The summed E-state index contributed by atoms with van der Waals surface area (Å²) in [6, 6.07) is 4.91. The third kappa shape index (κ3) is 2.62. The smallest absolute Gasteiger partial charge is 0.261 e. The fourth-order valence-electron chi connectivity index (χ4n) is 2.46. The molecule has 1 aromatic rings. The molecule has 0 radical (unpaired) electrons. The predicted molar refractivity (Wildman–Crippen MR) is 71.3 cm³/mol. The molecule has 1 amide bonds. The van der Waals surface area contributed by atoms with Crippen LogP contribution in [0.2, 0.25) is 0 Å². The molecule has 1 aliphatic carbocycles. The number of hydrogen-bond acceptors (Lipinski definition) is 3. The molecule has 102 valence electrons. The van der Waals surface area contributed by atoms with Crippen LogP contribution < -0.4 is 0 Å². The molecule has 0 spiro atoms. The average molecular weight is 300 g/mol. The molecule has 1 heterocycles. The van der Waals surface area contributed by atoms with Crippen molar-refractivity contribution in [2.24, 2.45) is 5.92 Å². The maximum absolute atomic E-state index is 12.0. The zero-order valence-corrected chi connectivity index (χ0v) is 11.9. The number of halogens is 1. The molecule has 0 atom stereocenters. The van der Waals surface area contributed by atoms with Crippen LogP contribution in [-0.2, 0) is 26.8 Å². The quantitative estimate of drug-likeness (QED) is 0.784. The van der Waals surface area contributed by atoms with E-state index in [-0.39, 0.29) is 16.7 Å². The van der Waals surface area contributed by atoms with Crippen molar-refractivity contribution in [3.63, 3.8) is 0 Å². The minimum Gasteiger partial charge on any atom is -0.338 e. The molecule has 1 aliphatic heterocycles. The molecule has 4 nitrogen and oxygen atoms in total. The third-order valence-electron chi connectivity index (χ3n) is 3.71. The molecule has 2 aliphatic rings. The van der Waals surface area contributed by atoms with Crippen LogP contribution >= 0.6 is 10.7 Å². The lowest BCUT2D eigenvalue weighted by atomic mass is 9.99. The summed E-state index contributed by atoms with van der Waals surface area (Å²) in [5, 5.41) is 0. The highest BCUT2D eigenvalue weighted by molar-refractivity contribution is 8.13. The second-order valence-corrected chi connectivity index (χ2v) is 7.72. The summed E-state index contributed by atoms with van der Waals surface area (Å²) in [4.78, 5) is 14.0. The summed E-state index contributed by atoms with van der Waals surface area (Å²) in [6.45, 7) is 1.21. The summed E-state index contributed by atoms with van der Waals surface area (Å²) < 4.78 is 22.7. The number of carbonyl (C=O) groups is 1. The lowest BCUT2D eigenvalue weighted by molar-refractivity contribution is -0.133. The maximum Gasteiger partial charge on any atom is 0.261 e. The van der Waals surface area contributed by atoms with E-state index in [9.17, 15) is 13.2 Å². The van der Waals surface area contributed by atoms with E-state index in [4.69, 9.17) is 10.7 Å². The van der Waals surface area contributed by atoms with Gasteiger partial charge in [0, 0.05) is 29.7 Å². The lowest BCUT2D eigenvalue weighted by Crippen LogP contribution is -2.36. The first-order chi connectivity index (χ1) is 8.95. The minimum atomic E-state index is -3.71. The van der Waals surface area contributed by atoms with Gasteiger partial charge in [0.25, 0.3) is 9.05 Å². The maximum atomic E-state index is 12.0. The van der Waals surface area contributed by atoms with E-state index in [2.05, 4.69) is 0 Å². The number of hydrogen-bond donors (Lipinski definition) is 0. The fraction of sp³-hybridized carbons (Fsp3) is 0.462. The van der Waals surface area contributed by atoms with Gasteiger partial charge in [-0.15, -0.1) is 0 Å². The molecule has 0 unspecified atom stereocenters. The lowest BCUT2D eigenvalue weighted by Gasteiger charge is -2.29. The highest BCUT2D eigenvalue weighted by atomic mass is 35.7. The molecule has 0 bridgehead atoms. The van der Waals surface area contributed by atoms with Crippen molar-refractivity contribution in [3.05, 3.63) is 29.3 Å². The molecule has 19 heavy (non-hydrogen) atoms. The zero-order valence-electron chi connectivity index (χ0n) is 10.3. The Kier molecular flexibility index (Phi) is 3.06. The normalized spacial score (nSPS) is 19.1. The van der Waals surface area contributed by atoms with Gasteiger partial charge in [-0.05, 0) is 42.5 Å². The number of amides is 1. The molecule has 0 saturated heterocycles. The first-order valence-corrected chi connectivity index (χ1v) is 8.61. The van der Waals surface area contributed by atoms with Crippen LogP contribution in [0.1, 0.15) is 24.0 Å². The van der Waals surface area contributed by atoms with Crippen molar-refractivity contribution in [3.8, 4) is 0 Å². The largest absolute Gasteiger partial charge is 0.338 e. The van der Waals surface area contributed by atoms with E-state index in [1.165, 1.54) is 6.07 Å². The van der Waals surface area contributed by atoms with Crippen LogP contribution in [0.5, 0.6) is 0 Å². The van der Waals surface area contributed by atoms with E-state index in [1.807, 2.05) is 4.90 Å². The molecule has 1 fully saturated rings. The number of carbonyl (C=O) groups excluding carboxylic acids is 1. The van der Waals surface area contributed by atoms with Crippen LogP contribution in [-0.4, -0.2) is 25.8 Å². The van der Waals surface area contributed by atoms with Crippen LogP contribution in [0.25, 0.3) is 0 Å². The number of rotatable bonds is 2. The zero-order chi connectivity index (χ0) is 13.6. The van der Waals surface area contributed by atoms with E-state index >= 15 is 0 Å². The van der Waals surface area contributed by atoms with E-state index in [0.717, 1.165) is 36.9 Å². The second-order valence-electron chi connectivity index (χ2n) is 5.15. The Hall–Kier alpha value is -1.07. The summed E-state index contributed by atoms with van der Waals surface area (Å²) in [5.41, 5.74) is 1.99. The molecular weight excluding hydrogens is 286 g/mol. The first kappa shape index (κ1) is 12.9. The number of benzene rings is 1. The fourth-order valence-corrected chi connectivity index (χ4v) is 3.26. The molecule has 1 saturated carbocycles. The molecule has 0 aromatic heterocycles. The van der Waals surface area contributed by atoms with Gasteiger partial charge in [0.2, 0.25) is 5.91 Å². The van der Waals surface area contributed by atoms with Crippen LogP contribution in [0.4, 0.5) is 0 Å². The highest BCUT2D eigenvalue weighted by Crippen LogP contribution is 2.33.